The lowest BCUT2D eigenvalue weighted by Gasteiger charge is -2.49. The predicted octanol–water partition coefficient (Wildman–Crippen LogP) is 3.67. The molecule has 0 saturated carbocycles. The van der Waals surface area contributed by atoms with Gasteiger partial charge >= 0.3 is 6.03 Å². The van der Waals surface area contributed by atoms with Crippen LogP contribution in [0, 0.1) is 30.0 Å². The Labute approximate surface area is 180 Å². The summed E-state index contributed by atoms with van der Waals surface area (Å²) in [5.41, 5.74) is 1.67. The number of anilines is 2. The van der Waals surface area contributed by atoms with Crippen LogP contribution < -0.4 is 16.0 Å². The van der Waals surface area contributed by atoms with Gasteiger partial charge in [-0.1, -0.05) is 18.2 Å². The summed E-state index contributed by atoms with van der Waals surface area (Å²) in [6.07, 6.45) is 1.55. The van der Waals surface area contributed by atoms with E-state index in [2.05, 4.69) is 20.9 Å². The summed E-state index contributed by atoms with van der Waals surface area (Å²) in [6, 6.07) is 10.6. The van der Waals surface area contributed by atoms with E-state index in [1.165, 1.54) is 6.07 Å². The van der Waals surface area contributed by atoms with Crippen molar-refractivity contribution in [3.05, 3.63) is 59.7 Å². The van der Waals surface area contributed by atoms with Crippen LogP contribution in [-0.4, -0.2) is 47.3 Å². The Morgan fingerprint density at radius 1 is 1.16 bits per heavy atom. The number of hydrogen-bond acceptors (Lipinski definition) is 5. The normalized spacial score (nSPS) is 16.8. The van der Waals surface area contributed by atoms with Crippen molar-refractivity contribution in [2.24, 2.45) is 0 Å². The van der Waals surface area contributed by atoms with Gasteiger partial charge in [0.05, 0.1) is 0 Å². The molecule has 3 N–H and O–H groups in total. The average molecular weight is 428 g/mol. The zero-order chi connectivity index (χ0) is 22.6. The second-order valence-corrected chi connectivity index (χ2v) is 8.10. The SMILES string of the molecule is Cc1ccccc1NC(NC#N)N1CCN(C(=O)Nc2ccc(F)c(F)c2)CC1(C)C. The molecule has 0 aromatic heterocycles. The Kier molecular flexibility index (Phi) is 6.61. The molecule has 1 heterocycles. The lowest BCUT2D eigenvalue weighted by molar-refractivity contribution is 0.00768. The monoisotopic (exact) mass is 428 g/mol. The molecule has 1 aliphatic heterocycles. The van der Waals surface area contributed by atoms with E-state index in [1.54, 1.807) is 4.90 Å². The molecule has 7 nitrogen and oxygen atoms in total. The number of urea groups is 1. The maximum Gasteiger partial charge on any atom is 0.321 e. The first-order chi connectivity index (χ1) is 14.7. The summed E-state index contributed by atoms with van der Waals surface area (Å²) < 4.78 is 26.5. The lowest BCUT2D eigenvalue weighted by Crippen LogP contribution is -2.67. The highest BCUT2D eigenvalue weighted by Gasteiger charge is 2.39. The number of piperazine rings is 1. The number of amides is 2. The van der Waals surface area contributed by atoms with Crippen LogP contribution in [-0.2, 0) is 0 Å². The van der Waals surface area contributed by atoms with Crippen molar-refractivity contribution >= 4 is 17.4 Å². The fraction of sp³-hybridized carbons (Fsp3) is 0.364. The summed E-state index contributed by atoms with van der Waals surface area (Å²) in [5, 5.41) is 18.1. The zero-order valence-electron chi connectivity index (χ0n) is 17.7. The number of nitrogens with zero attached hydrogens (tertiary/aromatic N) is 3. The molecule has 31 heavy (non-hydrogen) atoms. The van der Waals surface area contributed by atoms with E-state index in [0.29, 0.717) is 19.6 Å². The van der Waals surface area contributed by atoms with Crippen molar-refractivity contribution < 1.29 is 13.6 Å². The molecule has 3 rings (SSSR count). The van der Waals surface area contributed by atoms with Gasteiger partial charge in [-0.2, -0.15) is 5.26 Å². The van der Waals surface area contributed by atoms with Crippen LogP contribution in [0.2, 0.25) is 0 Å². The van der Waals surface area contributed by atoms with E-state index < -0.39 is 29.5 Å². The standard InChI is InChI=1S/C22H26F2N6O/c1-15-6-4-5-7-19(15)28-20(26-14-25)30-11-10-29(13-22(30,2)3)21(31)27-16-8-9-17(23)18(24)12-16/h4-9,12,20,26,28H,10-11,13H2,1-3H3,(H,27,31). The van der Waals surface area contributed by atoms with E-state index in [4.69, 9.17) is 0 Å². The number of carbonyl (C=O) groups excluding carboxylic acids is 1. The minimum atomic E-state index is -1.02. The highest BCUT2D eigenvalue weighted by atomic mass is 19.2. The fourth-order valence-electron chi connectivity index (χ4n) is 3.73. The average Bonchev–Trinajstić information content (AvgIpc) is 2.71. The van der Waals surface area contributed by atoms with Gasteiger partial charge in [0.25, 0.3) is 0 Å². The minimum absolute atomic E-state index is 0.189. The zero-order valence-corrected chi connectivity index (χ0v) is 17.7. The number of aryl methyl sites for hydroxylation is 1. The summed E-state index contributed by atoms with van der Waals surface area (Å²) in [7, 11) is 0. The Hall–Kier alpha value is -3.38. The molecule has 1 unspecified atom stereocenters. The van der Waals surface area contributed by atoms with Gasteiger partial charge < -0.3 is 15.5 Å². The van der Waals surface area contributed by atoms with Gasteiger partial charge in [0, 0.05) is 42.6 Å². The van der Waals surface area contributed by atoms with Gasteiger partial charge in [-0.25, -0.2) is 13.6 Å². The topological polar surface area (TPSA) is 83.4 Å². The van der Waals surface area contributed by atoms with Crippen molar-refractivity contribution in [2.75, 3.05) is 30.3 Å². The number of halogens is 2. The Bertz CT molecular complexity index is 990. The van der Waals surface area contributed by atoms with E-state index in [-0.39, 0.29) is 5.69 Å². The van der Waals surface area contributed by atoms with Crippen molar-refractivity contribution in [2.45, 2.75) is 32.6 Å². The third-order valence-electron chi connectivity index (χ3n) is 5.37. The van der Waals surface area contributed by atoms with Crippen LogP contribution in [0.25, 0.3) is 0 Å². The third kappa shape index (κ3) is 5.22. The third-order valence-corrected chi connectivity index (χ3v) is 5.37. The molecular formula is C22H26F2N6O. The number of para-hydroxylation sites is 1. The molecular weight excluding hydrogens is 402 g/mol. The lowest BCUT2D eigenvalue weighted by atomic mass is 9.99. The highest BCUT2D eigenvalue weighted by molar-refractivity contribution is 5.89. The number of rotatable bonds is 5. The molecule has 0 radical (unpaired) electrons. The summed E-state index contributed by atoms with van der Waals surface area (Å²) in [4.78, 5) is 16.4. The van der Waals surface area contributed by atoms with Crippen LogP contribution in [0.5, 0.6) is 0 Å². The quantitative estimate of drug-likeness (QED) is 0.385. The first kappa shape index (κ1) is 22.3. The molecule has 0 bridgehead atoms. The first-order valence-corrected chi connectivity index (χ1v) is 9.96. The summed E-state index contributed by atoms with van der Waals surface area (Å²) >= 11 is 0. The number of carbonyl (C=O) groups is 1. The molecule has 2 aromatic carbocycles. The first-order valence-electron chi connectivity index (χ1n) is 9.96. The predicted molar refractivity (Wildman–Crippen MR) is 115 cm³/mol. The van der Waals surface area contributed by atoms with Gasteiger partial charge in [0.15, 0.2) is 24.1 Å². The van der Waals surface area contributed by atoms with E-state index in [1.807, 2.05) is 51.2 Å². The molecule has 2 amide bonds. The Morgan fingerprint density at radius 3 is 2.55 bits per heavy atom. The molecule has 0 spiro atoms. The molecule has 1 aliphatic rings. The van der Waals surface area contributed by atoms with E-state index >= 15 is 0 Å². The summed E-state index contributed by atoms with van der Waals surface area (Å²) in [6.45, 7) is 7.22. The molecule has 2 aromatic rings. The Morgan fingerprint density at radius 2 is 1.90 bits per heavy atom. The molecule has 1 saturated heterocycles. The number of benzene rings is 2. The van der Waals surface area contributed by atoms with Gasteiger partial charge in [-0.05, 0) is 44.5 Å². The largest absolute Gasteiger partial charge is 0.352 e. The Balaban J connectivity index is 1.70. The fourth-order valence-corrected chi connectivity index (χ4v) is 3.73. The van der Waals surface area contributed by atoms with Gasteiger partial charge in [-0.3, -0.25) is 10.2 Å². The van der Waals surface area contributed by atoms with E-state index in [9.17, 15) is 18.8 Å². The van der Waals surface area contributed by atoms with Crippen LogP contribution in [0.3, 0.4) is 0 Å². The van der Waals surface area contributed by atoms with Gasteiger partial charge in [-0.15, -0.1) is 0 Å². The van der Waals surface area contributed by atoms with Crippen LogP contribution >= 0.6 is 0 Å². The summed E-state index contributed by atoms with van der Waals surface area (Å²) in [5.74, 6) is -1.99. The van der Waals surface area contributed by atoms with Crippen molar-refractivity contribution in [1.29, 1.82) is 5.26 Å². The number of nitriles is 1. The molecule has 0 aliphatic carbocycles. The highest BCUT2D eigenvalue weighted by Crippen LogP contribution is 2.25. The molecule has 9 heteroatoms. The van der Waals surface area contributed by atoms with Gasteiger partial charge in [0.2, 0.25) is 0 Å². The second-order valence-electron chi connectivity index (χ2n) is 8.10. The maximum atomic E-state index is 13.4. The smallest absolute Gasteiger partial charge is 0.321 e. The number of nitrogens with one attached hydrogen (secondary N) is 3. The second kappa shape index (κ2) is 9.18. The minimum Gasteiger partial charge on any atom is -0.352 e. The van der Waals surface area contributed by atoms with Crippen molar-refractivity contribution in [3.8, 4) is 6.19 Å². The molecule has 164 valence electrons. The van der Waals surface area contributed by atoms with E-state index in [0.717, 1.165) is 23.4 Å². The molecule has 1 fully saturated rings. The van der Waals surface area contributed by atoms with Crippen LogP contribution in [0.1, 0.15) is 19.4 Å². The van der Waals surface area contributed by atoms with Crippen LogP contribution in [0.4, 0.5) is 25.0 Å². The maximum absolute atomic E-state index is 13.4. The molecule has 1 atom stereocenters. The van der Waals surface area contributed by atoms with Crippen LogP contribution in [0.15, 0.2) is 42.5 Å². The number of hydrogen-bond donors (Lipinski definition) is 3. The van der Waals surface area contributed by atoms with Crippen molar-refractivity contribution in [1.82, 2.24) is 15.1 Å². The van der Waals surface area contributed by atoms with Crippen molar-refractivity contribution in [3.63, 3.8) is 0 Å². The van der Waals surface area contributed by atoms with Gasteiger partial charge in [0.1, 0.15) is 0 Å².